The highest BCUT2D eigenvalue weighted by Crippen LogP contribution is 2.29. The highest BCUT2D eigenvalue weighted by Gasteiger charge is 2.23. The standard InChI is InChI=1S/C17H21N7S/c1-5-11-10-13(21-14(20-11)12-8-6-7-9-19-12)25-16-23-22-15(24(16)18)17(2,3)4/h6-10H,5,18H2,1-4H3. The van der Waals surface area contributed by atoms with Gasteiger partial charge in [-0.15, -0.1) is 10.2 Å². The van der Waals surface area contributed by atoms with Gasteiger partial charge in [0.2, 0.25) is 5.16 Å². The van der Waals surface area contributed by atoms with Crippen molar-refractivity contribution in [2.45, 2.75) is 49.7 Å². The topological polar surface area (TPSA) is 95.4 Å². The maximum Gasteiger partial charge on any atom is 0.216 e. The number of aromatic nitrogens is 6. The van der Waals surface area contributed by atoms with Gasteiger partial charge in [0, 0.05) is 17.3 Å². The van der Waals surface area contributed by atoms with E-state index in [9.17, 15) is 0 Å². The van der Waals surface area contributed by atoms with Crippen molar-refractivity contribution in [3.8, 4) is 11.5 Å². The number of nitrogen functional groups attached to an aromatic ring is 1. The summed E-state index contributed by atoms with van der Waals surface area (Å²) < 4.78 is 1.53. The Morgan fingerprint density at radius 1 is 1.16 bits per heavy atom. The second kappa shape index (κ2) is 6.79. The van der Waals surface area contributed by atoms with E-state index in [0.29, 0.717) is 11.0 Å². The summed E-state index contributed by atoms with van der Waals surface area (Å²) in [6.45, 7) is 8.21. The highest BCUT2D eigenvalue weighted by atomic mass is 32.2. The molecule has 0 bridgehead atoms. The zero-order valence-corrected chi connectivity index (χ0v) is 15.6. The van der Waals surface area contributed by atoms with Gasteiger partial charge in [0.1, 0.15) is 10.7 Å². The predicted molar refractivity (Wildman–Crippen MR) is 97.6 cm³/mol. The molecule has 0 radical (unpaired) electrons. The second-order valence-corrected chi connectivity index (χ2v) is 7.61. The minimum absolute atomic E-state index is 0.181. The number of hydrogen-bond donors (Lipinski definition) is 1. The molecule has 0 amide bonds. The van der Waals surface area contributed by atoms with Crippen LogP contribution in [-0.2, 0) is 11.8 Å². The summed E-state index contributed by atoms with van der Waals surface area (Å²) in [4.78, 5) is 13.5. The Labute approximate surface area is 151 Å². The monoisotopic (exact) mass is 355 g/mol. The van der Waals surface area contributed by atoms with Gasteiger partial charge in [-0.25, -0.2) is 14.6 Å². The summed E-state index contributed by atoms with van der Waals surface area (Å²) in [5.74, 6) is 7.50. The fraction of sp³-hybridized carbons (Fsp3) is 0.353. The number of nitrogens with two attached hydrogens (primary N) is 1. The van der Waals surface area contributed by atoms with Crippen LogP contribution in [0.25, 0.3) is 11.5 Å². The molecule has 0 unspecified atom stereocenters. The van der Waals surface area contributed by atoms with E-state index >= 15 is 0 Å². The zero-order chi connectivity index (χ0) is 18.0. The van der Waals surface area contributed by atoms with E-state index in [0.717, 1.165) is 28.7 Å². The van der Waals surface area contributed by atoms with Gasteiger partial charge in [0.15, 0.2) is 11.6 Å². The van der Waals surface area contributed by atoms with Crippen molar-refractivity contribution < 1.29 is 0 Å². The molecule has 0 atom stereocenters. The van der Waals surface area contributed by atoms with Crippen LogP contribution in [0.15, 0.2) is 40.6 Å². The third-order valence-corrected chi connectivity index (χ3v) is 4.42. The van der Waals surface area contributed by atoms with E-state index in [1.165, 1.54) is 16.4 Å². The summed E-state index contributed by atoms with van der Waals surface area (Å²) in [6, 6.07) is 7.63. The maximum absolute atomic E-state index is 6.17. The van der Waals surface area contributed by atoms with Gasteiger partial charge >= 0.3 is 0 Å². The Morgan fingerprint density at radius 3 is 2.56 bits per heavy atom. The summed E-state index contributed by atoms with van der Waals surface area (Å²) in [5, 5.41) is 9.79. The molecule has 0 aliphatic rings. The number of aryl methyl sites for hydroxylation is 1. The Balaban J connectivity index is 1.97. The quantitative estimate of drug-likeness (QED) is 0.568. The molecule has 0 aromatic carbocycles. The van der Waals surface area contributed by atoms with Crippen LogP contribution in [0, 0.1) is 0 Å². The summed E-state index contributed by atoms with van der Waals surface area (Å²) in [6.07, 6.45) is 2.54. The van der Waals surface area contributed by atoms with Gasteiger partial charge in [-0.2, -0.15) is 0 Å². The van der Waals surface area contributed by atoms with Crippen LogP contribution < -0.4 is 5.84 Å². The van der Waals surface area contributed by atoms with Crippen LogP contribution in [0.3, 0.4) is 0 Å². The molecule has 7 nitrogen and oxygen atoms in total. The van der Waals surface area contributed by atoms with Crippen molar-refractivity contribution in [1.29, 1.82) is 0 Å². The lowest BCUT2D eigenvalue weighted by Gasteiger charge is -2.16. The first-order valence-electron chi connectivity index (χ1n) is 8.06. The molecule has 3 aromatic heterocycles. The molecule has 8 heteroatoms. The summed E-state index contributed by atoms with van der Waals surface area (Å²) in [7, 11) is 0. The van der Waals surface area contributed by atoms with Gasteiger partial charge in [0.25, 0.3) is 0 Å². The van der Waals surface area contributed by atoms with Crippen LogP contribution >= 0.6 is 11.8 Å². The first-order valence-corrected chi connectivity index (χ1v) is 8.88. The lowest BCUT2D eigenvalue weighted by molar-refractivity contribution is 0.523. The van der Waals surface area contributed by atoms with Gasteiger partial charge in [-0.1, -0.05) is 33.8 Å². The van der Waals surface area contributed by atoms with Crippen molar-refractivity contribution in [3.63, 3.8) is 0 Å². The fourth-order valence-corrected chi connectivity index (χ4v) is 3.05. The molecule has 0 aliphatic heterocycles. The highest BCUT2D eigenvalue weighted by molar-refractivity contribution is 7.99. The molecule has 2 N–H and O–H groups in total. The van der Waals surface area contributed by atoms with Crippen molar-refractivity contribution >= 4 is 11.8 Å². The first-order chi connectivity index (χ1) is 11.9. The van der Waals surface area contributed by atoms with Gasteiger partial charge in [-0.3, -0.25) is 4.98 Å². The third kappa shape index (κ3) is 3.79. The normalized spacial score (nSPS) is 11.7. The zero-order valence-electron chi connectivity index (χ0n) is 14.8. The number of nitrogens with zero attached hydrogens (tertiary/aromatic N) is 6. The third-order valence-electron chi connectivity index (χ3n) is 3.54. The van der Waals surface area contributed by atoms with Crippen molar-refractivity contribution in [3.05, 3.63) is 42.0 Å². The number of rotatable bonds is 4. The average Bonchev–Trinajstić information content (AvgIpc) is 2.96. The first kappa shape index (κ1) is 17.3. The minimum atomic E-state index is -0.181. The molecule has 130 valence electrons. The molecule has 3 aromatic rings. The number of pyridine rings is 1. The van der Waals surface area contributed by atoms with E-state index in [4.69, 9.17) is 5.84 Å². The van der Waals surface area contributed by atoms with E-state index in [2.05, 4.69) is 32.1 Å². The Morgan fingerprint density at radius 2 is 1.96 bits per heavy atom. The Hall–Kier alpha value is -2.48. The Kier molecular flexibility index (Phi) is 4.71. The van der Waals surface area contributed by atoms with Crippen LogP contribution in [0.5, 0.6) is 0 Å². The maximum atomic E-state index is 6.17. The lowest BCUT2D eigenvalue weighted by atomic mass is 9.96. The Bertz CT molecular complexity index is 868. The van der Waals surface area contributed by atoms with Crippen LogP contribution in [0.2, 0.25) is 0 Å². The fourth-order valence-electron chi connectivity index (χ4n) is 2.27. The molecule has 0 aliphatic carbocycles. The predicted octanol–water partition coefficient (Wildman–Crippen LogP) is 2.86. The van der Waals surface area contributed by atoms with Gasteiger partial charge < -0.3 is 5.84 Å². The summed E-state index contributed by atoms with van der Waals surface area (Å²) in [5.41, 5.74) is 1.50. The molecule has 3 rings (SSSR count). The van der Waals surface area contributed by atoms with E-state index in [-0.39, 0.29) is 5.41 Å². The molecular weight excluding hydrogens is 334 g/mol. The average molecular weight is 355 g/mol. The van der Waals surface area contributed by atoms with Gasteiger partial charge in [0.05, 0.1) is 0 Å². The van der Waals surface area contributed by atoms with Crippen molar-refractivity contribution in [2.24, 2.45) is 0 Å². The van der Waals surface area contributed by atoms with E-state index in [1.807, 2.05) is 45.0 Å². The summed E-state index contributed by atoms with van der Waals surface area (Å²) >= 11 is 1.37. The second-order valence-electron chi connectivity index (χ2n) is 6.62. The van der Waals surface area contributed by atoms with E-state index in [1.54, 1.807) is 6.20 Å². The molecule has 3 heterocycles. The minimum Gasteiger partial charge on any atom is -0.336 e. The van der Waals surface area contributed by atoms with Crippen molar-refractivity contribution in [1.82, 2.24) is 29.8 Å². The molecule has 0 fully saturated rings. The smallest absolute Gasteiger partial charge is 0.216 e. The van der Waals surface area contributed by atoms with E-state index < -0.39 is 0 Å². The molecular formula is C17H21N7S. The largest absolute Gasteiger partial charge is 0.336 e. The molecule has 0 spiro atoms. The van der Waals surface area contributed by atoms with Crippen LogP contribution in [0.1, 0.15) is 39.2 Å². The van der Waals surface area contributed by atoms with Gasteiger partial charge in [-0.05, 0) is 36.4 Å². The molecule has 0 saturated carbocycles. The number of hydrogen-bond acceptors (Lipinski definition) is 7. The van der Waals surface area contributed by atoms with Crippen LogP contribution in [0.4, 0.5) is 0 Å². The van der Waals surface area contributed by atoms with Crippen LogP contribution in [-0.4, -0.2) is 29.8 Å². The lowest BCUT2D eigenvalue weighted by Crippen LogP contribution is -2.24. The molecule has 25 heavy (non-hydrogen) atoms. The molecule has 0 saturated heterocycles. The SMILES string of the molecule is CCc1cc(Sc2nnc(C(C)(C)C)n2N)nc(-c2ccccn2)n1. The van der Waals surface area contributed by atoms with Crippen molar-refractivity contribution in [2.75, 3.05) is 5.84 Å².